The average molecular weight is 353 g/mol. The van der Waals surface area contributed by atoms with Crippen LogP contribution >= 0.6 is 0 Å². The van der Waals surface area contributed by atoms with Gasteiger partial charge in [0, 0.05) is 37.4 Å². The molecule has 1 atom stereocenters. The van der Waals surface area contributed by atoms with Gasteiger partial charge in [0.1, 0.15) is 23.3 Å². The van der Waals surface area contributed by atoms with Gasteiger partial charge >= 0.3 is 0 Å². The van der Waals surface area contributed by atoms with Gasteiger partial charge in [0.05, 0.1) is 6.54 Å². The summed E-state index contributed by atoms with van der Waals surface area (Å²) in [5.74, 6) is 6.09. The van der Waals surface area contributed by atoms with Crippen LogP contribution in [0.15, 0.2) is 0 Å². The maximum absolute atomic E-state index is 4.62. The Morgan fingerprint density at radius 2 is 1.69 bits per heavy atom. The van der Waals surface area contributed by atoms with Crippen molar-refractivity contribution in [2.24, 2.45) is 0 Å². The third-order valence-corrected chi connectivity index (χ3v) is 6.52. The van der Waals surface area contributed by atoms with E-state index in [2.05, 4.69) is 34.4 Å². The van der Waals surface area contributed by atoms with Crippen molar-refractivity contribution in [2.75, 3.05) is 13.1 Å². The van der Waals surface area contributed by atoms with E-state index in [1.165, 1.54) is 68.2 Å². The first-order chi connectivity index (χ1) is 12.9. The second-order valence-corrected chi connectivity index (χ2v) is 8.65. The van der Waals surface area contributed by atoms with Gasteiger partial charge in [-0.15, -0.1) is 20.4 Å². The summed E-state index contributed by atoms with van der Waals surface area (Å²) < 4.78 is 4.88. The zero-order valence-corrected chi connectivity index (χ0v) is 15.3. The smallest absolute Gasteiger partial charge is 0.147 e. The van der Waals surface area contributed by atoms with Crippen molar-refractivity contribution in [1.29, 1.82) is 0 Å². The zero-order valence-electron chi connectivity index (χ0n) is 15.3. The molecule has 0 amide bonds. The zero-order chi connectivity index (χ0) is 17.1. The van der Waals surface area contributed by atoms with Crippen molar-refractivity contribution in [3.05, 3.63) is 23.3 Å². The molecular formula is C19H27N7. The Kier molecular flexibility index (Phi) is 3.46. The molecule has 0 bridgehead atoms. The summed E-state index contributed by atoms with van der Waals surface area (Å²) in [5.41, 5.74) is 0. The minimum atomic E-state index is 0.517. The van der Waals surface area contributed by atoms with Crippen molar-refractivity contribution in [3.63, 3.8) is 0 Å². The lowest BCUT2D eigenvalue weighted by Gasteiger charge is -2.32. The number of aromatic nitrogens is 6. The third kappa shape index (κ3) is 2.59. The summed E-state index contributed by atoms with van der Waals surface area (Å²) in [4.78, 5) is 2.57. The van der Waals surface area contributed by atoms with E-state index in [0.29, 0.717) is 17.9 Å². The number of hydrogen-bond acceptors (Lipinski definition) is 5. The summed E-state index contributed by atoms with van der Waals surface area (Å²) in [6, 6.07) is 0.677. The van der Waals surface area contributed by atoms with Crippen LogP contribution in [0.1, 0.15) is 86.1 Å². The highest BCUT2D eigenvalue weighted by Gasteiger charge is 2.37. The first-order valence-electron chi connectivity index (χ1n) is 10.4. The van der Waals surface area contributed by atoms with Gasteiger partial charge in [-0.05, 0) is 51.5 Å². The van der Waals surface area contributed by atoms with Crippen LogP contribution < -0.4 is 0 Å². The molecule has 0 radical (unpaired) electrons. The van der Waals surface area contributed by atoms with Crippen molar-refractivity contribution in [3.8, 4) is 0 Å². The lowest BCUT2D eigenvalue weighted by Crippen LogP contribution is -2.35. The molecule has 2 aliphatic heterocycles. The number of nitrogens with zero attached hydrogens (tertiary/aromatic N) is 7. The molecular weight excluding hydrogens is 326 g/mol. The Morgan fingerprint density at radius 1 is 0.808 bits per heavy atom. The third-order valence-electron chi connectivity index (χ3n) is 6.52. The summed E-state index contributed by atoms with van der Waals surface area (Å²) >= 11 is 0. The summed E-state index contributed by atoms with van der Waals surface area (Å²) in [6.45, 7) is 4.28. The fourth-order valence-corrected chi connectivity index (χ4v) is 4.88. The molecule has 0 spiro atoms. The Bertz CT molecular complexity index is 814. The second-order valence-electron chi connectivity index (χ2n) is 8.65. The molecule has 7 heteroatoms. The van der Waals surface area contributed by atoms with Crippen molar-refractivity contribution in [2.45, 2.75) is 82.3 Å². The Balaban J connectivity index is 1.21. The number of aryl methyl sites for hydroxylation is 1. The Hall–Kier alpha value is -1.76. The molecule has 2 aliphatic carbocycles. The van der Waals surface area contributed by atoms with E-state index in [1.54, 1.807) is 0 Å². The van der Waals surface area contributed by atoms with E-state index in [4.69, 9.17) is 0 Å². The van der Waals surface area contributed by atoms with Gasteiger partial charge < -0.3 is 9.13 Å². The first kappa shape index (κ1) is 15.3. The van der Waals surface area contributed by atoms with Gasteiger partial charge in [-0.25, -0.2) is 0 Å². The highest BCUT2D eigenvalue weighted by atomic mass is 15.3. The molecule has 138 valence electrons. The van der Waals surface area contributed by atoms with Crippen molar-refractivity contribution >= 4 is 0 Å². The molecule has 0 N–H and O–H groups in total. The summed E-state index contributed by atoms with van der Waals surface area (Å²) in [6.07, 6.45) is 10.00. The minimum Gasteiger partial charge on any atom is -0.315 e. The Morgan fingerprint density at radius 3 is 2.54 bits per heavy atom. The van der Waals surface area contributed by atoms with E-state index >= 15 is 0 Å². The highest BCUT2D eigenvalue weighted by molar-refractivity contribution is 5.13. The largest absolute Gasteiger partial charge is 0.315 e. The van der Waals surface area contributed by atoms with Gasteiger partial charge in [0.25, 0.3) is 0 Å². The molecule has 4 aliphatic rings. The standard InChI is InChI=1S/C19H27N7/c1-3-14(18-22-20-16-4-2-10-25(16)18)11-24(9-1)12-17-21-23-19(13-5-6-13)26(17)15-7-8-15/h13-15H,1-12H2. The molecule has 2 aromatic heterocycles. The molecule has 3 fully saturated rings. The fourth-order valence-electron chi connectivity index (χ4n) is 4.88. The minimum absolute atomic E-state index is 0.517. The molecule has 6 rings (SSSR count). The number of likely N-dealkylation sites (tertiary alicyclic amines) is 1. The maximum atomic E-state index is 4.62. The Labute approximate surface area is 153 Å². The summed E-state index contributed by atoms with van der Waals surface area (Å²) in [7, 11) is 0. The number of rotatable bonds is 5. The first-order valence-corrected chi connectivity index (χ1v) is 10.4. The highest BCUT2D eigenvalue weighted by Crippen LogP contribution is 2.45. The van der Waals surface area contributed by atoms with Crippen LogP contribution in [-0.2, 0) is 19.5 Å². The maximum Gasteiger partial charge on any atom is 0.147 e. The van der Waals surface area contributed by atoms with Gasteiger partial charge in [0.2, 0.25) is 0 Å². The van der Waals surface area contributed by atoms with E-state index < -0.39 is 0 Å². The van der Waals surface area contributed by atoms with Crippen molar-refractivity contribution in [1.82, 2.24) is 34.4 Å². The van der Waals surface area contributed by atoms with E-state index in [-0.39, 0.29) is 0 Å². The molecule has 26 heavy (non-hydrogen) atoms. The molecule has 2 aromatic rings. The number of hydrogen-bond donors (Lipinski definition) is 0. The van der Waals surface area contributed by atoms with Gasteiger partial charge in [-0.1, -0.05) is 0 Å². The van der Waals surface area contributed by atoms with Crippen LogP contribution in [-0.4, -0.2) is 47.5 Å². The topological polar surface area (TPSA) is 64.7 Å². The predicted octanol–water partition coefficient (Wildman–Crippen LogP) is 2.41. The second kappa shape index (κ2) is 5.87. The van der Waals surface area contributed by atoms with E-state index in [1.807, 2.05) is 0 Å². The van der Waals surface area contributed by atoms with Crippen molar-refractivity contribution < 1.29 is 0 Å². The van der Waals surface area contributed by atoms with E-state index in [9.17, 15) is 0 Å². The van der Waals surface area contributed by atoms with Gasteiger partial charge in [-0.2, -0.15) is 0 Å². The van der Waals surface area contributed by atoms with Crippen LogP contribution in [0.3, 0.4) is 0 Å². The van der Waals surface area contributed by atoms with Crippen LogP contribution in [0.4, 0.5) is 0 Å². The molecule has 7 nitrogen and oxygen atoms in total. The molecule has 1 unspecified atom stereocenters. The SMILES string of the molecule is C1CC(c2nnc3n2CCC3)CN(Cc2nnc(C3CC3)n2C2CC2)C1. The van der Waals surface area contributed by atoms with Gasteiger partial charge in [0.15, 0.2) is 0 Å². The normalized spacial score (nSPS) is 26.4. The number of piperidine rings is 1. The molecule has 0 aromatic carbocycles. The van der Waals surface area contributed by atoms with Crippen LogP contribution in [0.25, 0.3) is 0 Å². The quantitative estimate of drug-likeness (QED) is 0.826. The predicted molar refractivity (Wildman–Crippen MR) is 95.9 cm³/mol. The lowest BCUT2D eigenvalue weighted by atomic mass is 9.97. The fraction of sp³-hybridized carbons (Fsp3) is 0.789. The number of fused-ring (bicyclic) bond motifs is 1. The monoisotopic (exact) mass is 353 g/mol. The van der Waals surface area contributed by atoms with Crippen LogP contribution in [0, 0.1) is 0 Å². The average Bonchev–Trinajstić information content (AvgIpc) is 3.55. The lowest BCUT2D eigenvalue weighted by molar-refractivity contribution is 0.188. The molecule has 2 saturated carbocycles. The summed E-state index contributed by atoms with van der Waals surface area (Å²) in [5, 5.41) is 18.2. The van der Waals surface area contributed by atoms with Crippen LogP contribution in [0.2, 0.25) is 0 Å². The molecule has 4 heterocycles. The molecule has 1 saturated heterocycles. The van der Waals surface area contributed by atoms with Gasteiger partial charge in [-0.3, -0.25) is 4.90 Å². The van der Waals surface area contributed by atoms with E-state index in [0.717, 1.165) is 32.6 Å². The van der Waals surface area contributed by atoms with Crippen LogP contribution in [0.5, 0.6) is 0 Å².